The number of phenols is 1. The summed E-state index contributed by atoms with van der Waals surface area (Å²) in [6.45, 7) is 3.13. The Morgan fingerprint density at radius 3 is 2.72 bits per heavy atom. The lowest BCUT2D eigenvalue weighted by Gasteiger charge is -2.15. The summed E-state index contributed by atoms with van der Waals surface area (Å²) in [7, 11) is 0. The molecular formula is C20H19N3O5S. The molecule has 1 fully saturated rings. The van der Waals surface area contributed by atoms with Crippen molar-refractivity contribution >= 4 is 40.3 Å². The Bertz CT molecular complexity index is 975. The third-order valence-electron chi connectivity index (χ3n) is 4.03. The molecule has 0 unspecified atom stereocenters. The molecule has 0 radical (unpaired) electrons. The Labute approximate surface area is 171 Å². The number of nitro groups is 1. The fourth-order valence-electron chi connectivity index (χ4n) is 2.63. The standard InChI is InChI=1S/C20H19N3O5S/c1-2-28-11-10-22-19(25)18(29-20(22)21-15-6-4-3-5-7-15)13-14-8-9-17(24)16(12-14)23(26)27/h3-9,12-13,24H,2,10-11H2,1H3/b18-13-,21-20?. The minimum atomic E-state index is -0.669. The maximum Gasteiger partial charge on any atom is 0.311 e. The molecule has 2 aromatic rings. The van der Waals surface area contributed by atoms with Gasteiger partial charge in [-0.3, -0.25) is 19.8 Å². The zero-order chi connectivity index (χ0) is 20.8. The second-order valence-corrected chi connectivity index (χ2v) is 7.01. The van der Waals surface area contributed by atoms with Crippen LogP contribution < -0.4 is 0 Å². The summed E-state index contributed by atoms with van der Waals surface area (Å²) in [5, 5.41) is 21.2. The largest absolute Gasteiger partial charge is 0.502 e. The van der Waals surface area contributed by atoms with Crippen molar-refractivity contribution in [1.82, 2.24) is 4.90 Å². The molecule has 1 saturated heterocycles. The topological polar surface area (TPSA) is 105 Å². The van der Waals surface area contributed by atoms with Crippen molar-refractivity contribution in [2.24, 2.45) is 4.99 Å². The number of carbonyl (C=O) groups is 1. The molecule has 150 valence electrons. The summed E-state index contributed by atoms with van der Waals surface area (Å²) < 4.78 is 5.37. The van der Waals surface area contributed by atoms with Gasteiger partial charge >= 0.3 is 5.69 Å². The van der Waals surface area contributed by atoms with Gasteiger partial charge in [-0.25, -0.2) is 4.99 Å². The van der Waals surface area contributed by atoms with E-state index < -0.39 is 16.4 Å². The number of benzene rings is 2. The molecule has 1 heterocycles. The zero-order valence-electron chi connectivity index (χ0n) is 15.6. The maximum atomic E-state index is 12.9. The number of hydrogen-bond donors (Lipinski definition) is 1. The van der Waals surface area contributed by atoms with Crippen molar-refractivity contribution in [3.8, 4) is 5.75 Å². The number of carbonyl (C=O) groups excluding carboxylic acids is 1. The van der Waals surface area contributed by atoms with Gasteiger partial charge in [0.1, 0.15) is 0 Å². The van der Waals surface area contributed by atoms with Gasteiger partial charge in [-0.15, -0.1) is 0 Å². The van der Waals surface area contributed by atoms with Gasteiger partial charge in [0.25, 0.3) is 5.91 Å². The maximum absolute atomic E-state index is 12.9. The molecule has 0 spiro atoms. The third kappa shape index (κ3) is 5.01. The van der Waals surface area contributed by atoms with Crippen LogP contribution in [-0.2, 0) is 9.53 Å². The van der Waals surface area contributed by atoms with Gasteiger partial charge < -0.3 is 9.84 Å². The van der Waals surface area contributed by atoms with Crippen LogP contribution in [0.25, 0.3) is 6.08 Å². The van der Waals surface area contributed by atoms with E-state index in [-0.39, 0.29) is 5.91 Å². The highest BCUT2D eigenvalue weighted by Crippen LogP contribution is 2.35. The van der Waals surface area contributed by atoms with Crippen LogP contribution in [0.4, 0.5) is 11.4 Å². The first-order valence-corrected chi connectivity index (χ1v) is 9.71. The van der Waals surface area contributed by atoms with Crippen LogP contribution in [0.3, 0.4) is 0 Å². The van der Waals surface area contributed by atoms with Gasteiger partial charge in [-0.1, -0.05) is 24.3 Å². The number of amidine groups is 1. The summed E-state index contributed by atoms with van der Waals surface area (Å²) in [4.78, 5) is 29.8. The summed E-state index contributed by atoms with van der Waals surface area (Å²) >= 11 is 1.19. The summed E-state index contributed by atoms with van der Waals surface area (Å²) in [5.41, 5.74) is 0.739. The van der Waals surface area contributed by atoms with E-state index in [2.05, 4.69) is 4.99 Å². The van der Waals surface area contributed by atoms with Crippen LogP contribution >= 0.6 is 11.8 Å². The number of rotatable bonds is 7. The normalized spacial score (nSPS) is 16.7. The quantitative estimate of drug-likeness (QED) is 0.319. The number of para-hydroxylation sites is 1. The van der Waals surface area contributed by atoms with Crippen LogP contribution in [0, 0.1) is 10.1 Å². The van der Waals surface area contributed by atoms with Crippen molar-refractivity contribution < 1.29 is 19.6 Å². The van der Waals surface area contributed by atoms with Gasteiger partial charge in [-0.05, 0) is 48.5 Å². The molecular weight excluding hydrogens is 394 g/mol. The Kier molecular flexibility index (Phi) is 6.63. The second-order valence-electron chi connectivity index (χ2n) is 6.00. The van der Waals surface area contributed by atoms with E-state index in [0.29, 0.717) is 41.1 Å². The van der Waals surface area contributed by atoms with Crippen LogP contribution in [0.1, 0.15) is 12.5 Å². The minimum absolute atomic E-state index is 0.250. The SMILES string of the molecule is CCOCCN1C(=O)/C(=C/c2ccc(O)c([N+](=O)[O-])c2)SC1=Nc1ccccc1. The highest BCUT2D eigenvalue weighted by Gasteiger charge is 2.33. The lowest BCUT2D eigenvalue weighted by Crippen LogP contribution is -2.32. The number of aromatic hydroxyl groups is 1. The van der Waals surface area contributed by atoms with Gasteiger partial charge in [-0.2, -0.15) is 0 Å². The molecule has 8 nitrogen and oxygen atoms in total. The molecule has 9 heteroatoms. The second kappa shape index (κ2) is 9.35. The molecule has 29 heavy (non-hydrogen) atoms. The minimum Gasteiger partial charge on any atom is -0.502 e. The molecule has 1 aliphatic heterocycles. The first-order chi connectivity index (χ1) is 14.0. The highest BCUT2D eigenvalue weighted by molar-refractivity contribution is 8.18. The number of hydrogen-bond acceptors (Lipinski definition) is 7. The molecule has 1 amide bonds. The van der Waals surface area contributed by atoms with Crippen molar-refractivity contribution in [2.45, 2.75) is 6.92 Å². The van der Waals surface area contributed by atoms with Crippen molar-refractivity contribution in [3.05, 3.63) is 69.1 Å². The third-order valence-corrected chi connectivity index (χ3v) is 5.03. The van der Waals surface area contributed by atoms with E-state index in [4.69, 9.17) is 4.74 Å². The van der Waals surface area contributed by atoms with Crippen molar-refractivity contribution in [3.63, 3.8) is 0 Å². The summed E-state index contributed by atoms with van der Waals surface area (Å²) in [6.07, 6.45) is 1.56. The molecule has 2 aromatic carbocycles. The summed E-state index contributed by atoms with van der Waals surface area (Å²) in [6, 6.07) is 13.3. The molecule has 0 bridgehead atoms. The number of nitrogens with zero attached hydrogens (tertiary/aromatic N) is 3. The number of ether oxygens (including phenoxy) is 1. The smallest absolute Gasteiger partial charge is 0.311 e. The Balaban J connectivity index is 1.93. The molecule has 0 atom stereocenters. The average Bonchev–Trinajstić information content (AvgIpc) is 2.99. The van der Waals surface area contributed by atoms with E-state index in [0.717, 1.165) is 0 Å². The number of thioether (sulfide) groups is 1. The summed E-state index contributed by atoms with van der Waals surface area (Å²) in [5.74, 6) is -0.674. The van der Waals surface area contributed by atoms with Gasteiger partial charge in [0.05, 0.1) is 28.7 Å². The lowest BCUT2D eigenvalue weighted by atomic mass is 10.1. The van der Waals surface area contributed by atoms with E-state index in [9.17, 15) is 20.0 Å². The molecule has 3 rings (SSSR count). The zero-order valence-corrected chi connectivity index (χ0v) is 16.5. The number of amides is 1. The fraction of sp³-hybridized carbons (Fsp3) is 0.200. The molecule has 1 N–H and O–H groups in total. The highest BCUT2D eigenvalue weighted by atomic mass is 32.2. The lowest BCUT2D eigenvalue weighted by molar-refractivity contribution is -0.385. The Hall–Kier alpha value is -3.17. The Morgan fingerprint density at radius 1 is 1.28 bits per heavy atom. The molecule has 0 aromatic heterocycles. The van der Waals surface area contributed by atoms with E-state index in [1.54, 1.807) is 6.08 Å². The van der Waals surface area contributed by atoms with Crippen LogP contribution in [0.2, 0.25) is 0 Å². The molecule has 0 aliphatic carbocycles. The average molecular weight is 413 g/mol. The predicted molar refractivity (Wildman–Crippen MR) is 112 cm³/mol. The first kappa shape index (κ1) is 20.6. The Morgan fingerprint density at radius 2 is 2.03 bits per heavy atom. The van der Waals surface area contributed by atoms with E-state index >= 15 is 0 Å². The van der Waals surface area contributed by atoms with Crippen molar-refractivity contribution in [2.75, 3.05) is 19.8 Å². The first-order valence-electron chi connectivity index (χ1n) is 8.90. The van der Waals surface area contributed by atoms with Crippen LogP contribution in [0.5, 0.6) is 5.75 Å². The van der Waals surface area contributed by atoms with E-state index in [1.165, 1.54) is 34.9 Å². The molecule has 1 aliphatic rings. The number of phenolic OH excluding ortho intramolecular Hbond substituents is 1. The van der Waals surface area contributed by atoms with Crippen LogP contribution in [-0.4, -0.2) is 45.8 Å². The van der Waals surface area contributed by atoms with Gasteiger partial charge in [0.15, 0.2) is 10.9 Å². The number of aliphatic imine (C=N–C) groups is 1. The monoisotopic (exact) mass is 413 g/mol. The van der Waals surface area contributed by atoms with Crippen LogP contribution in [0.15, 0.2) is 58.4 Å². The van der Waals surface area contributed by atoms with Gasteiger partial charge in [0.2, 0.25) is 0 Å². The van der Waals surface area contributed by atoms with Crippen molar-refractivity contribution in [1.29, 1.82) is 0 Å². The fourth-order valence-corrected chi connectivity index (χ4v) is 3.65. The number of nitro benzene ring substituents is 1. The van der Waals surface area contributed by atoms with Gasteiger partial charge in [0, 0.05) is 12.7 Å². The molecule has 0 saturated carbocycles. The predicted octanol–water partition coefficient (Wildman–Crippen LogP) is 3.94. The van der Waals surface area contributed by atoms with E-state index in [1.807, 2.05) is 37.3 Å².